The first-order valence-corrected chi connectivity index (χ1v) is 10.6. The van der Waals surface area contributed by atoms with Crippen LogP contribution in [0.2, 0.25) is 0 Å². The second kappa shape index (κ2) is 8.35. The molecule has 2 heterocycles. The fourth-order valence-corrected chi connectivity index (χ4v) is 4.25. The maximum Gasteiger partial charge on any atom is 0.153 e. The van der Waals surface area contributed by atoms with E-state index in [1.807, 2.05) is 59.1 Å². The Bertz CT molecular complexity index is 1180. The number of nitrogen functional groups attached to an aromatic ring is 1. The topological polar surface area (TPSA) is 98.6 Å². The van der Waals surface area contributed by atoms with Gasteiger partial charge in [0.1, 0.15) is 35.7 Å². The zero-order valence-corrected chi connectivity index (χ0v) is 17.2. The third-order valence-corrected chi connectivity index (χ3v) is 5.90. The van der Waals surface area contributed by atoms with Crippen molar-refractivity contribution >= 4 is 11.3 Å². The molecular formula is C24H25N5O2. The zero-order valence-electron chi connectivity index (χ0n) is 17.2. The van der Waals surface area contributed by atoms with Crippen molar-refractivity contribution in [3.63, 3.8) is 0 Å². The zero-order chi connectivity index (χ0) is 21.2. The number of imidazole rings is 1. The molecule has 1 aliphatic rings. The van der Waals surface area contributed by atoms with E-state index in [2.05, 4.69) is 10.1 Å². The van der Waals surface area contributed by atoms with Gasteiger partial charge in [0.2, 0.25) is 0 Å². The number of benzene rings is 2. The molecule has 1 saturated carbocycles. The number of hydrogen-bond acceptors (Lipinski definition) is 6. The van der Waals surface area contributed by atoms with Crippen LogP contribution in [0.4, 0.5) is 5.82 Å². The summed E-state index contributed by atoms with van der Waals surface area (Å²) in [7, 11) is 0. The van der Waals surface area contributed by atoms with Crippen LogP contribution in [-0.4, -0.2) is 30.8 Å². The molecule has 158 valence electrons. The standard InChI is InChI=1S/C24H25N5O2/c25-23-22-21(18-7-4-8-20(13-18)31-14-16-5-2-1-3-6-16)28-24(29(22)27-15-26-23)17-9-11-19(30)12-10-17/h1-8,13,15,17,19,30H,9-12,14H2,(H2,25,26,27). The first-order chi connectivity index (χ1) is 15.2. The van der Waals surface area contributed by atoms with Crippen molar-refractivity contribution < 1.29 is 9.84 Å². The normalized spacial score (nSPS) is 18.9. The lowest BCUT2D eigenvalue weighted by atomic mass is 9.87. The van der Waals surface area contributed by atoms with Gasteiger partial charge in [-0.2, -0.15) is 5.10 Å². The summed E-state index contributed by atoms with van der Waals surface area (Å²) in [5.41, 5.74) is 9.73. The van der Waals surface area contributed by atoms with Crippen LogP contribution in [0.25, 0.3) is 16.8 Å². The molecule has 3 N–H and O–H groups in total. The van der Waals surface area contributed by atoms with Crippen LogP contribution in [0.3, 0.4) is 0 Å². The van der Waals surface area contributed by atoms with Gasteiger partial charge in [-0.25, -0.2) is 14.5 Å². The number of anilines is 1. The minimum atomic E-state index is -0.222. The smallest absolute Gasteiger partial charge is 0.153 e. The first-order valence-electron chi connectivity index (χ1n) is 10.6. The molecule has 1 aliphatic carbocycles. The number of aromatic nitrogens is 4. The van der Waals surface area contributed by atoms with E-state index >= 15 is 0 Å². The second-order valence-electron chi connectivity index (χ2n) is 8.03. The van der Waals surface area contributed by atoms with Crippen molar-refractivity contribution in [3.05, 3.63) is 72.3 Å². The summed E-state index contributed by atoms with van der Waals surface area (Å²) in [6.45, 7) is 0.495. The van der Waals surface area contributed by atoms with Gasteiger partial charge >= 0.3 is 0 Å². The highest BCUT2D eigenvalue weighted by Gasteiger charge is 2.27. The fourth-order valence-electron chi connectivity index (χ4n) is 4.25. The van der Waals surface area contributed by atoms with Crippen LogP contribution in [-0.2, 0) is 6.61 Å². The van der Waals surface area contributed by atoms with Crippen molar-refractivity contribution in [2.75, 3.05) is 5.73 Å². The largest absolute Gasteiger partial charge is 0.489 e. The number of rotatable bonds is 5. The number of nitrogens with zero attached hydrogens (tertiary/aromatic N) is 4. The van der Waals surface area contributed by atoms with Gasteiger partial charge in [-0.1, -0.05) is 42.5 Å². The van der Waals surface area contributed by atoms with E-state index in [-0.39, 0.29) is 12.0 Å². The average Bonchev–Trinajstić information content (AvgIpc) is 3.20. The summed E-state index contributed by atoms with van der Waals surface area (Å²) < 4.78 is 7.82. The monoisotopic (exact) mass is 415 g/mol. The van der Waals surface area contributed by atoms with Gasteiger partial charge in [-0.05, 0) is 43.4 Å². The van der Waals surface area contributed by atoms with E-state index < -0.39 is 0 Å². The molecule has 0 amide bonds. The number of ether oxygens (including phenoxy) is 1. The molecule has 0 bridgehead atoms. The van der Waals surface area contributed by atoms with Crippen molar-refractivity contribution in [1.82, 2.24) is 19.6 Å². The van der Waals surface area contributed by atoms with Gasteiger partial charge in [0, 0.05) is 11.5 Å². The lowest BCUT2D eigenvalue weighted by Gasteiger charge is -2.24. The molecule has 0 radical (unpaired) electrons. The molecule has 7 heteroatoms. The molecule has 2 aromatic heterocycles. The minimum Gasteiger partial charge on any atom is -0.489 e. The number of fused-ring (bicyclic) bond motifs is 1. The number of aliphatic hydroxyl groups is 1. The van der Waals surface area contributed by atoms with Crippen molar-refractivity contribution in [1.29, 1.82) is 0 Å². The second-order valence-corrected chi connectivity index (χ2v) is 8.03. The Morgan fingerprint density at radius 2 is 1.84 bits per heavy atom. The quantitative estimate of drug-likeness (QED) is 0.512. The molecule has 2 aromatic carbocycles. The Morgan fingerprint density at radius 1 is 1.03 bits per heavy atom. The molecular weight excluding hydrogens is 390 g/mol. The highest BCUT2D eigenvalue weighted by molar-refractivity contribution is 5.85. The maximum atomic E-state index is 9.89. The molecule has 31 heavy (non-hydrogen) atoms. The van der Waals surface area contributed by atoms with E-state index in [4.69, 9.17) is 15.5 Å². The first kappa shape index (κ1) is 19.5. The minimum absolute atomic E-state index is 0.222. The van der Waals surface area contributed by atoms with Crippen LogP contribution in [0, 0.1) is 0 Å². The Labute approximate surface area is 180 Å². The number of nitrogens with two attached hydrogens (primary N) is 1. The van der Waals surface area contributed by atoms with Crippen molar-refractivity contribution in [2.45, 2.75) is 44.3 Å². The maximum absolute atomic E-state index is 9.89. The molecule has 0 saturated heterocycles. The van der Waals surface area contributed by atoms with Gasteiger partial charge in [0.15, 0.2) is 5.82 Å². The van der Waals surface area contributed by atoms with Gasteiger partial charge in [-0.15, -0.1) is 0 Å². The Hall–Kier alpha value is -3.45. The van der Waals surface area contributed by atoms with Crippen LogP contribution in [0.1, 0.15) is 43.0 Å². The van der Waals surface area contributed by atoms with Crippen LogP contribution >= 0.6 is 0 Å². The lowest BCUT2D eigenvalue weighted by Crippen LogP contribution is -2.19. The molecule has 0 spiro atoms. The Balaban J connectivity index is 1.50. The highest BCUT2D eigenvalue weighted by Crippen LogP contribution is 2.36. The summed E-state index contributed by atoms with van der Waals surface area (Å²) in [6, 6.07) is 17.9. The van der Waals surface area contributed by atoms with E-state index in [0.717, 1.165) is 54.1 Å². The Kier molecular flexibility index (Phi) is 5.26. The summed E-state index contributed by atoms with van der Waals surface area (Å²) in [6.07, 6.45) is 4.55. The average molecular weight is 415 g/mol. The fraction of sp³-hybridized carbons (Fsp3) is 0.292. The molecule has 1 fully saturated rings. The van der Waals surface area contributed by atoms with Crippen LogP contribution in [0.5, 0.6) is 5.75 Å². The van der Waals surface area contributed by atoms with Crippen molar-refractivity contribution in [3.8, 4) is 17.0 Å². The van der Waals surface area contributed by atoms with Crippen LogP contribution < -0.4 is 10.5 Å². The summed E-state index contributed by atoms with van der Waals surface area (Å²) in [5, 5.41) is 14.3. The van der Waals surface area contributed by atoms with Gasteiger partial charge < -0.3 is 15.6 Å². The van der Waals surface area contributed by atoms with Crippen LogP contribution in [0.15, 0.2) is 60.9 Å². The van der Waals surface area contributed by atoms with Gasteiger partial charge in [0.05, 0.1) is 6.10 Å². The molecule has 0 atom stereocenters. The van der Waals surface area contributed by atoms with E-state index in [1.165, 1.54) is 6.33 Å². The third kappa shape index (κ3) is 3.96. The van der Waals surface area contributed by atoms with Gasteiger partial charge in [0.25, 0.3) is 0 Å². The Morgan fingerprint density at radius 3 is 2.65 bits per heavy atom. The molecule has 7 nitrogen and oxygen atoms in total. The SMILES string of the molecule is Nc1ncnn2c(C3CCC(O)CC3)nc(-c3cccc(OCc4ccccc4)c3)c12. The number of aliphatic hydroxyl groups excluding tert-OH is 1. The summed E-state index contributed by atoms with van der Waals surface area (Å²) in [4.78, 5) is 9.17. The van der Waals surface area contributed by atoms with Gasteiger partial charge in [-0.3, -0.25) is 0 Å². The van der Waals surface area contributed by atoms with E-state index in [1.54, 1.807) is 0 Å². The molecule has 4 aromatic rings. The highest BCUT2D eigenvalue weighted by atomic mass is 16.5. The molecule has 5 rings (SSSR count). The predicted octanol–water partition coefficient (Wildman–Crippen LogP) is 3.97. The molecule has 0 aliphatic heterocycles. The number of hydrogen-bond donors (Lipinski definition) is 2. The third-order valence-electron chi connectivity index (χ3n) is 5.90. The van der Waals surface area contributed by atoms with E-state index in [9.17, 15) is 5.11 Å². The van der Waals surface area contributed by atoms with Crippen molar-refractivity contribution in [2.24, 2.45) is 0 Å². The summed E-state index contributed by atoms with van der Waals surface area (Å²) >= 11 is 0. The summed E-state index contributed by atoms with van der Waals surface area (Å²) in [5.74, 6) is 2.27. The molecule has 0 unspecified atom stereocenters. The predicted molar refractivity (Wildman–Crippen MR) is 119 cm³/mol. The van der Waals surface area contributed by atoms with E-state index in [0.29, 0.717) is 17.9 Å². The lowest BCUT2D eigenvalue weighted by molar-refractivity contribution is 0.121.